The zero-order valence-electron chi connectivity index (χ0n) is 20.5. The molecule has 0 bridgehead atoms. The van der Waals surface area contributed by atoms with Gasteiger partial charge in [0, 0.05) is 17.8 Å². The highest BCUT2D eigenvalue weighted by Crippen LogP contribution is 2.47. The second-order valence-corrected chi connectivity index (χ2v) is 8.03. The molecule has 3 heteroatoms. The number of benzene rings is 3. The number of esters is 1. The molecule has 3 aromatic rings. The Morgan fingerprint density at radius 1 is 0.853 bits per heavy atom. The maximum Gasteiger partial charge on any atom is 0.306 e. The molecule has 3 aromatic carbocycles. The summed E-state index contributed by atoms with van der Waals surface area (Å²) in [5.41, 5.74) is 4.33. The summed E-state index contributed by atoms with van der Waals surface area (Å²) in [5, 5.41) is 0. The molecular formula is C31H35NO2. The summed E-state index contributed by atoms with van der Waals surface area (Å²) < 4.78 is 5.06. The van der Waals surface area contributed by atoms with Crippen LogP contribution in [0.15, 0.2) is 108 Å². The van der Waals surface area contributed by atoms with E-state index in [1.165, 1.54) is 16.7 Å². The number of hydrogen-bond acceptors (Lipinski definition) is 3. The second-order valence-electron chi connectivity index (χ2n) is 8.03. The molecule has 176 valence electrons. The third kappa shape index (κ3) is 5.53. The largest absolute Gasteiger partial charge is 0.466 e. The molecule has 1 atom stereocenters. The molecule has 1 unspecified atom stereocenters. The van der Waals surface area contributed by atoms with E-state index in [4.69, 9.17) is 9.73 Å². The van der Waals surface area contributed by atoms with Crippen molar-refractivity contribution in [2.45, 2.75) is 45.4 Å². The van der Waals surface area contributed by atoms with Crippen LogP contribution in [-0.4, -0.2) is 18.8 Å². The van der Waals surface area contributed by atoms with Gasteiger partial charge in [0.1, 0.15) is 0 Å². The highest BCUT2D eigenvalue weighted by molar-refractivity contribution is 5.73. The van der Waals surface area contributed by atoms with E-state index in [0.29, 0.717) is 19.4 Å². The fourth-order valence-corrected chi connectivity index (χ4v) is 4.73. The Labute approximate surface area is 204 Å². The van der Waals surface area contributed by atoms with Crippen molar-refractivity contribution in [1.82, 2.24) is 0 Å². The van der Waals surface area contributed by atoms with Crippen LogP contribution in [0.2, 0.25) is 0 Å². The molecule has 4 rings (SSSR count). The van der Waals surface area contributed by atoms with Gasteiger partial charge in [-0.2, -0.15) is 0 Å². The fourth-order valence-electron chi connectivity index (χ4n) is 4.73. The van der Waals surface area contributed by atoms with Crippen LogP contribution in [0, 0.1) is 5.92 Å². The van der Waals surface area contributed by atoms with Crippen LogP contribution in [-0.2, 0) is 14.9 Å². The summed E-state index contributed by atoms with van der Waals surface area (Å²) >= 11 is 0. The molecule has 0 saturated heterocycles. The van der Waals surface area contributed by atoms with Crippen molar-refractivity contribution in [1.29, 1.82) is 0 Å². The van der Waals surface area contributed by atoms with Gasteiger partial charge in [0.05, 0.1) is 18.4 Å². The number of nitrogens with zero attached hydrogens (tertiary/aromatic N) is 1. The molecule has 0 radical (unpaired) electrons. The normalized spacial score (nSPS) is 15.0. The molecule has 0 N–H and O–H groups in total. The van der Waals surface area contributed by atoms with E-state index in [2.05, 4.69) is 103 Å². The van der Waals surface area contributed by atoms with Crippen molar-refractivity contribution in [2.75, 3.05) is 6.61 Å². The van der Waals surface area contributed by atoms with Crippen molar-refractivity contribution < 1.29 is 9.53 Å². The third-order valence-electron chi connectivity index (χ3n) is 6.16. The zero-order valence-corrected chi connectivity index (χ0v) is 20.5. The van der Waals surface area contributed by atoms with Crippen LogP contribution in [0.3, 0.4) is 0 Å². The van der Waals surface area contributed by atoms with Gasteiger partial charge in [-0.3, -0.25) is 9.79 Å². The highest BCUT2D eigenvalue weighted by atomic mass is 16.5. The zero-order chi connectivity index (χ0) is 24.2. The van der Waals surface area contributed by atoms with Crippen molar-refractivity contribution in [2.24, 2.45) is 10.9 Å². The van der Waals surface area contributed by atoms with Gasteiger partial charge in [0.2, 0.25) is 0 Å². The SMILES string of the molecule is CC.CCOC(=O)CCC1=CCC(C(c2ccccc2)(c2ccccc2)c2ccccc2)C=N1. The van der Waals surface area contributed by atoms with Gasteiger partial charge in [-0.25, -0.2) is 0 Å². The highest BCUT2D eigenvalue weighted by Gasteiger charge is 2.43. The lowest BCUT2D eigenvalue weighted by molar-refractivity contribution is -0.143. The van der Waals surface area contributed by atoms with Crippen LogP contribution < -0.4 is 0 Å². The van der Waals surface area contributed by atoms with Gasteiger partial charge in [-0.15, -0.1) is 0 Å². The number of rotatable bonds is 8. The summed E-state index contributed by atoms with van der Waals surface area (Å²) in [4.78, 5) is 16.6. The van der Waals surface area contributed by atoms with Crippen LogP contribution in [0.25, 0.3) is 0 Å². The van der Waals surface area contributed by atoms with Crippen molar-refractivity contribution in [3.63, 3.8) is 0 Å². The molecule has 0 spiro atoms. The van der Waals surface area contributed by atoms with Gasteiger partial charge < -0.3 is 4.74 Å². The van der Waals surface area contributed by atoms with Crippen LogP contribution in [0.1, 0.15) is 56.7 Å². The minimum absolute atomic E-state index is 0.140. The first-order chi connectivity index (χ1) is 16.7. The predicted molar refractivity (Wildman–Crippen MR) is 141 cm³/mol. The predicted octanol–water partition coefficient (Wildman–Crippen LogP) is 7.37. The first-order valence-corrected chi connectivity index (χ1v) is 12.3. The molecule has 1 heterocycles. The number of carbonyl (C=O) groups is 1. The molecule has 0 aromatic heterocycles. The Morgan fingerprint density at radius 3 is 1.71 bits per heavy atom. The van der Waals surface area contributed by atoms with E-state index in [1.54, 1.807) is 0 Å². The Kier molecular flexibility index (Phi) is 9.40. The number of aliphatic imine (C=N–C) groups is 1. The maximum atomic E-state index is 11.8. The van der Waals surface area contributed by atoms with Gasteiger partial charge in [0.15, 0.2) is 0 Å². The molecule has 0 amide bonds. The lowest BCUT2D eigenvalue weighted by Crippen LogP contribution is -2.39. The van der Waals surface area contributed by atoms with E-state index in [9.17, 15) is 4.79 Å². The van der Waals surface area contributed by atoms with Gasteiger partial charge in [-0.1, -0.05) is 111 Å². The van der Waals surface area contributed by atoms with E-state index >= 15 is 0 Å². The third-order valence-corrected chi connectivity index (χ3v) is 6.16. The first-order valence-electron chi connectivity index (χ1n) is 12.3. The molecule has 0 saturated carbocycles. The Bertz CT molecular complexity index is 976. The molecular weight excluding hydrogens is 418 g/mol. The Morgan fingerprint density at radius 2 is 1.32 bits per heavy atom. The van der Waals surface area contributed by atoms with E-state index in [0.717, 1.165) is 12.1 Å². The summed E-state index contributed by atoms with van der Waals surface area (Å²) in [7, 11) is 0. The minimum Gasteiger partial charge on any atom is -0.466 e. The summed E-state index contributed by atoms with van der Waals surface area (Å²) in [6.07, 6.45) is 6.10. The maximum absolute atomic E-state index is 11.8. The van der Waals surface area contributed by atoms with Crippen LogP contribution in [0.4, 0.5) is 0 Å². The number of carbonyl (C=O) groups excluding carboxylic acids is 1. The lowest BCUT2D eigenvalue weighted by Gasteiger charge is -2.42. The molecule has 0 fully saturated rings. The van der Waals surface area contributed by atoms with E-state index in [-0.39, 0.29) is 17.3 Å². The number of hydrogen-bond donors (Lipinski definition) is 0. The van der Waals surface area contributed by atoms with E-state index < -0.39 is 0 Å². The van der Waals surface area contributed by atoms with Crippen molar-refractivity contribution >= 4 is 12.2 Å². The van der Waals surface area contributed by atoms with Gasteiger partial charge in [-0.05, 0) is 36.5 Å². The smallest absolute Gasteiger partial charge is 0.306 e. The molecule has 1 aliphatic heterocycles. The Balaban J connectivity index is 0.00000158. The molecule has 3 nitrogen and oxygen atoms in total. The topological polar surface area (TPSA) is 38.7 Å². The van der Waals surface area contributed by atoms with Gasteiger partial charge >= 0.3 is 5.97 Å². The monoisotopic (exact) mass is 453 g/mol. The molecule has 0 aliphatic carbocycles. The average Bonchev–Trinajstić information content (AvgIpc) is 2.92. The molecule has 34 heavy (non-hydrogen) atoms. The van der Waals surface area contributed by atoms with Crippen molar-refractivity contribution in [3.8, 4) is 0 Å². The van der Waals surface area contributed by atoms with E-state index in [1.807, 2.05) is 20.8 Å². The number of ether oxygens (including phenoxy) is 1. The number of allylic oxidation sites excluding steroid dienone is 2. The fraction of sp³-hybridized carbons (Fsp3) is 0.290. The lowest BCUT2D eigenvalue weighted by atomic mass is 9.61. The van der Waals surface area contributed by atoms with Crippen molar-refractivity contribution in [3.05, 3.63) is 119 Å². The second kappa shape index (κ2) is 12.7. The van der Waals surface area contributed by atoms with Gasteiger partial charge in [0.25, 0.3) is 0 Å². The quantitative estimate of drug-likeness (QED) is 0.264. The molecule has 1 aliphatic rings. The summed E-state index contributed by atoms with van der Waals surface area (Å²) in [6.45, 7) is 6.24. The Hall–Kier alpha value is -3.46. The summed E-state index contributed by atoms with van der Waals surface area (Å²) in [5.74, 6) is -0.0287. The van der Waals surface area contributed by atoms with Crippen LogP contribution in [0.5, 0.6) is 0 Å². The average molecular weight is 454 g/mol. The van der Waals surface area contributed by atoms with Crippen LogP contribution >= 0.6 is 0 Å². The summed E-state index contributed by atoms with van der Waals surface area (Å²) in [6, 6.07) is 32.1. The first kappa shape index (κ1) is 25.2. The minimum atomic E-state index is -0.365. The standard InChI is InChI=1S/C29H29NO2.C2H6/c1-2-32-28(31)21-20-27-19-18-26(22-30-27)29(23-12-6-3-7-13-23,24-14-8-4-9-15-24)25-16-10-5-11-17-25;1-2/h3-17,19,22,26H,2,18,20-21H2,1H3;1-2H3.